The second-order valence-corrected chi connectivity index (χ2v) is 5.13. The zero-order valence-corrected chi connectivity index (χ0v) is 11.8. The summed E-state index contributed by atoms with van der Waals surface area (Å²) in [7, 11) is 1.38. The molecule has 0 saturated carbocycles. The number of nitrogens with zero attached hydrogens (tertiary/aromatic N) is 2. The van der Waals surface area contributed by atoms with E-state index in [2.05, 4.69) is 5.10 Å². The Bertz CT molecular complexity index is 642. The summed E-state index contributed by atoms with van der Waals surface area (Å²) in [5, 5.41) is 5.27. The van der Waals surface area contributed by atoms with Gasteiger partial charge in [-0.2, -0.15) is 5.10 Å². The first-order chi connectivity index (χ1) is 9.70. The molecule has 0 N–H and O–H groups in total. The number of aromatic nitrogens is 2. The highest BCUT2D eigenvalue weighted by Gasteiger charge is 2.23. The van der Waals surface area contributed by atoms with Gasteiger partial charge >= 0.3 is 5.97 Å². The van der Waals surface area contributed by atoms with E-state index >= 15 is 0 Å². The molecule has 1 aliphatic heterocycles. The van der Waals surface area contributed by atoms with E-state index < -0.39 is 5.97 Å². The lowest BCUT2D eigenvalue weighted by Crippen LogP contribution is -2.19. The SMILES string of the molecule is COC(=O)c1nn(C2CCCCO2)c2ccc(C)cc12. The summed E-state index contributed by atoms with van der Waals surface area (Å²) in [6.07, 6.45) is 3.03. The van der Waals surface area contributed by atoms with Gasteiger partial charge in [0.2, 0.25) is 0 Å². The average molecular weight is 274 g/mol. The third-order valence-corrected chi connectivity index (χ3v) is 3.67. The molecule has 5 heteroatoms. The molecule has 3 rings (SSSR count). The van der Waals surface area contributed by atoms with Gasteiger partial charge < -0.3 is 9.47 Å². The number of hydrogen-bond acceptors (Lipinski definition) is 4. The summed E-state index contributed by atoms with van der Waals surface area (Å²) in [4.78, 5) is 11.9. The summed E-state index contributed by atoms with van der Waals surface area (Å²) in [5.41, 5.74) is 2.37. The van der Waals surface area contributed by atoms with Crippen LogP contribution in [0.3, 0.4) is 0 Å². The predicted molar refractivity (Wildman–Crippen MR) is 74.6 cm³/mol. The van der Waals surface area contributed by atoms with Crippen molar-refractivity contribution in [3.63, 3.8) is 0 Å². The third-order valence-electron chi connectivity index (χ3n) is 3.67. The standard InChI is InChI=1S/C15H18N2O3/c1-10-6-7-12-11(9-10)14(15(18)19-2)16-17(12)13-5-3-4-8-20-13/h6-7,9,13H,3-5,8H2,1-2H3. The first-order valence-electron chi connectivity index (χ1n) is 6.89. The lowest BCUT2D eigenvalue weighted by Gasteiger charge is -2.23. The Balaban J connectivity index is 2.14. The molecule has 1 aromatic heterocycles. The monoisotopic (exact) mass is 274 g/mol. The van der Waals surface area contributed by atoms with Crippen LogP contribution < -0.4 is 0 Å². The largest absolute Gasteiger partial charge is 0.464 e. The highest BCUT2D eigenvalue weighted by molar-refractivity contribution is 6.02. The van der Waals surface area contributed by atoms with Crippen molar-refractivity contribution >= 4 is 16.9 Å². The molecule has 20 heavy (non-hydrogen) atoms. The van der Waals surface area contributed by atoms with Crippen molar-refractivity contribution < 1.29 is 14.3 Å². The van der Waals surface area contributed by atoms with Crippen LogP contribution in [-0.2, 0) is 9.47 Å². The van der Waals surface area contributed by atoms with E-state index in [4.69, 9.17) is 9.47 Å². The van der Waals surface area contributed by atoms with E-state index in [1.807, 2.05) is 29.8 Å². The van der Waals surface area contributed by atoms with Gasteiger partial charge in [-0.15, -0.1) is 0 Å². The molecule has 0 spiro atoms. The second kappa shape index (κ2) is 5.25. The van der Waals surface area contributed by atoms with Crippen molar-refractivity contribution in [3.8, 4) is 0 Å². The van der Waals surface area contributed by atoms with E-state index in [-0.39, 0.29) is 6.23 Å². The fourth-order valence-electron chi connectivity index (χ4n) is 2.64. The van der Waals surface area contributed by atoms with Gasteiger partial charge in [0.15, 0.2) is 11.9 Å². The zero-order chi connectivity index (χ0) is 14.1. The van der Waals surface area contributed by atoms with E-state index in [1.165, 1.54) is 7.11 Å². The summed E-state index contributed by atoms with van der Waals surface area (Å²) < 4.78 is 12.4. The van der Waals surface area contributed by atoms with Gasteiger partial charge in [0.05, 0.1) is 12.6 Å². The van der Waals surface area contributed by atoms with Crippen LogP contribution in [0.5, 0.6) is 0 Å². The molecule has 2 heterocycles. The van der Waals surface area contributed by atoms with Crippen molar-refractivity contribution in [3.05, 3.63) is 29.5 Å². The fraction of sp³-hybridized carbons (Fsp3) is 0.467. The summed E-state index contributed by atoms with van der Waals surface area (Å²) >= 11 is 0. The smallest absolute Gasteiger partial charge is 0.359 e. The van der Waals surface area contributed by atoms with Crippen LogP contribution >= 0.6 is 0 Å². The number of fused-ring (bicyclic) bond motifs is 1. The maximum Gasteiger partial charge on any atom is 0.359 e. The molecule has 0 radical (unpaired) electrons. The summed E-state index contributed by atoms with van der Waals surface area (Å²) in [5.74, 6) is -0.407. The molecule has 1 aliphatic rings. The Kier molecular flexibility index (Phi) is 3.44. The van der Waals surface area contributed by atoms with Crippen LogP contribution in [0.25, 0.3) is 10.9 Å². The van der Waals surface area contributed by atoms with Gasteiger partial charge in [0, 0.05) is 12.0 Å². The van der Waals surface area contributed by atoms with Gasteiger partial charge in [-0.3, -0.25) is 0 Å². The summed E-state index contributed by atoms with van der Waals surface area (Å²) in [6, 6.07) is 5.97. The van der Waals surface area contributed by atoms with Crippen molar-refractivity contribution in [1.29, 1.82) is 0 Å². The molecule has 5 nitrogen and oxygen atoms in total. The topological polar surface area (TPSA) is 53.3 Å². The Labute approximate surface area is 117 Å². The number of rotatable bonds is 2. The number of benzene rings is 1. The Morgan fingerprint density at radius 2 is 2.30 bits per heavy atom. The quantitative estimate of drug-likeness (QED) is 0.790. The van der Waals surface area contributed by atoms with Crippen molar-refractivity contribution in [1.82, 2.24) is 9.78 Å². The second-order valence-electron chi connectivity index (χ2n) is 5.13. The molecule has 0 amide bonds. The van der Waals surface area contributed by atoms with Crippen LogP contribution in [0.4, 0.5) is 0 Å². The molecular weight excluding hydrogens is 256 g/mol. The molecule has 2 aromatic rings. The molecule has 1 unspecified atom stereocenters. The number of methoxy groups -OCH3 is 1. The minimum Gasteiger partial charge on any atom is -0.464 e. The highest BCUT2D eigenvalue weighted by atomic mass is 16.5. The fourth-order valence-corrected chi connectivity index (χ4v) is 2.64. The van der Waals surface area contributed by atoms with Gasteiger partial charge in [0.1, 0.15) is 0 Å². The molecule has 1 saturated heterocycles. The number of aryl methyl sites for hydroxylation is 1. The Morgan fingerprint density at radius 3 is 3.00 bits per heavy atom. The van der Waals surface area contributed by atoms with Crippen LogP contribution in [-0.4, -0.2) is 29.5 Å². The maximum absolute atomic E-state index is 11.9. The van der Waals surface area contributed by atoms with Crippen molar-refractivity contribution in [2.75, 3.05) is 13.7 Å². The number of hydrogen-bond donors (Lipinski definition) is 0. The number of ether oxygens (including phenoxy) is 2. The Hall–Kier alpha value is -1.88. The van der Waals surface area contributed by atoms with Crippen LogP contribution in [0.1, 0.15) is 41.5 Å². The number of esters is 1. The predicted octanol–water partition coefficient (Wildman–Crippen LogP) is 2.83. The van der Waals surface area contributed by atoms with E-state index in [1.54, 1.807) is 0 Å². The van der Waals surface area contributed by atoms with Gasteiger partial charge in [-0.05, 0) is 38.3 Å². The molecule has 0 aliphatic carbocycles. The minimum absolute atomic E-state index is 0.0904. The summed E-state index contributed by atoms with van der Waals surface area (Å²) in [6.45, 7) is 2.74. The van der Waals surface area contributed by atoms with Crippen molar-refractivity contribution in [2.24, 2.45) is 0 Å². The number of carbonyl (C=O) groups excluding carboxylic acids is 1. The molecular formula is C15H18N2O3. The minimum atomic E-state index is -0.407. The molecule has 1 aromatic carbocycles. The van der Waals surface area contributed by atoms with E-state index in [0.717, 1.165) is 42.3 Å². The lowest BCUT2D eigenvalue weighted by molar-refractivity contribution is -0.0369. The zero-order valence-electron chi connectivity index (χ0n) is 11.8. The molecule has 106 valence electrons. The van der Waals surface area contributed by atoms with Crippen LogP contribution in [0.15, 0.2) is 18.2 Å². The van der Waals surface area contributed by atoms with Crippen molar-refractivity contribution in [2.45, 2.75) is 32.4 Å². The molecule has 1 atom stereocenters. The first-order valence-corrected chi connectivity index (χ1v) is 6.89. The van der Waals surface area contributed by atoms with E-state index in [0.29, 0.717) is 5.69 Å². The normalized spacial score (nSPS) is 19.2. The first kappa shape index (κ1) is 13.1. The maximum atomic E-state index is 11.9. The van der Waals surface area contributed by atoms with Crippen LogP contribution in [0, 0.1) is 6.92 Å². The van der Waals surface area contributed by atoms with Gasteiger partial charge in [-0.25, -0.2) is 9.48 Å². The number of carbonyl (C=O) groups is 1. The van der Waals surface area contributed by atoms with Crippen LogP contribution in [0.2, 0.25) is 0 Å². The van der Waals surface area contributed by atoms with Gasteiger partial charge in [-0.1, -0.05) is 11.6 Å². The molecule has 0 bridgehead atoms. The van der Waals surface area contributed by atoms with E-state index in [9.17, 15) is 4.79 Å². The molecule has 1 fully saturated rings. The third kappa shape index (κ3) is 2.18. The Morgan fingerprint density at radius 1 is 1.45 bits per heavy atom. The van der Waals surface area contributed by atoms with Gasteiger partial charge in [0.25, 0.3) is 0 Å². The lowest BCUT2D eigenvalue weighted by atomic mass is 10.1. The highest BCUT2D eigenvalue weighted by Crippen LogP contribution is 2.28. The average Bonchev–Trinajstić information content (AvgIpc) is 2.86.